The Hall–Kier alpha value is -8.66. The van der Waals surface area contributed by atoms with Crippen molar-refractivity contribution >= 4 is 71.8 Å². The lowest BCUT2D eigenvalue weighted by Gasteiger charge is -2.45. The van der Waals surface area contributed by atoms with Crippen LogP contribution in [0, 0.1) is 0 Å². The Morgan fingerprint density at radius 2 is 0.848 bits per heavy atom. The second-order valence-electron chi connectivity index (χ2n) is 17.3. The fourth-order valence-corrected chi connectivity index (χ4v) is 11.0. The quantitative estimate of drug-likeness (QED) is 0.151. The highest BCUT2D eigenvalue weighted by atomic mass is 15.2. The number of hydrogen-bond acceptors (Lipinski definition) is 2. The average Bonchev–Trinajstić information content (AvgIpc) is 3.87. The molecule has 0 N–H and O–H groups in total. The van der Waals surface area contributed by atoms with E-state index in [1.54, 1.807) is 0 Å². The van der Waals surface area contributed by atoms with Crippen LogP contribution in [0.3, 0.4) is 0 Å². The summed E-state index contributed by atoms with van der Waals surface area (Å²) in [5.41, 5.74) is 14.3. The van der Waals surface area contributed by atoms with Crippen molar-refractivity contribution in [2.75, 3.05) is 9.80 Å². The molecule has 1 unspecified atom stereocenters. The van der Waals surface area contributed by atoms with Crippen LogP contribution < -0.4 is 9.80 Å². The molecule has 3 heteroatoms. The van der Waals surface area contributed by atoms with Gasteiger partial charge < -0.3 is 14.4 Å². The predicted molar refractivity (Wildman–Crippen MR) is 277 cm³/mol. The smallest absolute Gasteiger partial charge is 0.122 e. The standard InChI is InChI=1S/C63H43N3/c1-4-23-47(24-5-1)63(66(48-25-6-2-7-26-48)49-27-8-3-9-28-49)58-32-16-14-30-54(58)55-39-37-51(42-59(55)63)64(50-36-35-44-19-10-11-21-46(44)41-50)52-38-40-57-56-31-15-17-33-61(56)65(62(57)43-52)60-34-18-22-45-20-12-13-29-53(45)60/h1-43H. The second kappa shape index (κ2) is 15.3. The fraction of sp³-hybridized carbons (Fsp3) is 0.0159. The molecule has 3 nitrogen and oxygen atoms in total. The van der Waals surface area contributed by atoms with E-state index in [4.69, 9.17) is 0 Å². The highest BCUT2D eigenvalue weighted by Crippen LogP contribution is 2.58. The SMILES string of the molecule is c1ccc(N(c2ccccc2)C2(c3ccccc3)c3ccccc3-c3ccc(N(c4ccc5ccccc5c4)c4ccc5c6ccccc6n(-c6cccc7ccccc67)c5c4)cc32)cc1. The maximum absolute atomic E-state index is 2.56. The van der Waals surface area contributed by atoms with E-state index in [0.29, 0.717) is 0 Å². The topological polar surface area (TPSA) is 11.4 Å². The van der Waals surface area contributed by atoms with Crippen LogP contribution in [0.2, 0.25) is 0 Å². The van der Waals surface area contributed by atoms with Crippen LogP contribution in [0.5, 0.6) is 0 Å². The molecule has 0 radical (unpaired) electrons. The minimum absolute atomic E-state index is 0.744. The zero-order valence-electron chi connectivity index (χ0n) is 36.2. The first-order valence-electron chi connectivity index (χ1n) is 22.8. The lowest BCUT2D eigenvalue weighted by atomic mass is 9.78. The van der Waals surface area contributed by atoms with Gasteiger partial charge in [-0.25, -0.2) is 0 Å². The van der Waals surface area contributed by atoms with E-state index < -0.39 is 5.54 Å². The Kier molecular flexibility index (Phi) is 8.75. The molecule has 0 saturated heterocycles. The maximum Gasteiger partial charge on any atom is 0.122 e. The predicted octanol–water partition coefficient (Wildman–Crippen LogP) is 16.7. The molecule has 11 aromatic carbocycles. The van der Waals surface area contributed by atoms with E-state index in [1.165, 1.54) is 71.3 Å². The molecular weight excluding hydrogens is 799 g/mol. The summed E-state index contributed by atoms with van der Waals surface area (Å²) in [7, 11) is 0. The Bertz CT molecular complexity index is 3740. The second-order valence-corrected chi connectivity index (χ2v) is 17.3. The third kappa shape index (κ3) is 5.77. The fourth-order valence-electron chi connectivity index (χ4n) is 11.0. The average molecular weight is 842 g/mol. The Morgan fingerprint density at radius 1 is 0.303 bits per heavy atom. The third-order valence-corrected chi connectivity index (χ3v) is 13.7. The van der Waals surface area contributed by atoms with E-state index in [2.05, 4.69) is 275 Å². The van der Waals surface area contributed by atoms with E-state index in [-0.39, 0.29) is 0 Å². The minimum Gasteiger partial charge on any atom is -0.323 e. The summed E-state index contributed by atoms with van der Waals surface area (Å²) in [4.78, 5) is 5.03. The van der Waals surface area contributed by atoms with Gasteiger partial charge >= 0.3 is 0 Å². The van der Waals surface area contributed by atoms with Crippen molar-refractivity contribution in [3.63, 3.8) is 0 Å². The van der Waals surface area contributed by atoms with Crippen molar-refractivity contribution < 1.29 is 0 Å². The zero-order valence-corrected chi connectivity index (χ0v) is 36.2. The van der Waals surface area contributed by atoms with Crippen molar-refractivity contribution in [3.05, 3.63) is 278 Å². The van der Waals surface area contributed by atoms with E-state index in [1.807, 2.05) is 0 Å². The Balaban J connectivity index is 1.11. The summed E-state index contributed by atoms with van der Waals surface area (Å²) >= 11 is 0. The molecule has 0 amide bonds. The van der Waals surface area contributed by atoms with E-state index >= 15 is 0 Å². The molecule has 0 aliphatic heterocycles. The van der Waals surface area contributed by atoms with Gasteiger partial charge in [0.1, 0.15) is 5.54 Å². The normalized spacial score (nSPS) is 14.1. The number of nitrogens with zero attached hydrogens (tertiary/aromatic N) is 3. The Labute approximate surface area is 384 Å². The highest BCUT2D eigenvalue weighted by Gasteiger charge is 2.50. The molecule has 0 saturated carbocycles. The number of benzene rings is 11. The van der Waals surface area contributed by atoms with Gasteiger partial charge in [-0.3, -0.25) is 0 Å². The summed E-state index contributed by atoms with van der Waals surface area (Å²) < 4.78 is 2.46. The molecule has 1 aromatic heterocycles. The van der Waals surface area contributed by atoms with Gasteiger partial charge in [0, 0.05) is 44.6 Å². The van der Waals surface area contributed by atoms with Gasteiger partial charge in [0.2, 0.25) is 0 Å². The van der Waals surface area contributed by atoms with Crippen molar-refractivity contribution in [1.29, 1.82) is 0 Å². The third-order valence-electron chi connectivity index (χ3n) is 13.7. The van der Waals surface area contributed by atoms with E-state index in [0.717, 1.165) is 34.0 Å². The van der Waals surface area contributed by atoms with E-state index in [9.17, 15) is 0 Å². The van der Waals surface area contributed by atoms with Crippen LogP contribution >= 0.6 is 0 Å². The van der Waals surface area contributed by atoms with Crippen molar-refractivity contribution in [1.82, 2.24) is 4.57 Å². The van der Waals surface area contributed by atoms with Gasteiger partial charge in [-0.2, -0.15) is 0 Å². The summed E-state index contributed by atoms with van der Waals surface area (Å²) in [6, 6.07) is 95.8. The largest absolute Gasteiger partial charge is 0.323 e. The van der Waals surface area contributed by atoms with Crippen molar-refractivity contribution in [3.8, 4) is 16.8 Å². The highest BCUT2D eigenvalue weighted by molar-refractivity contribution is 6.12. The molecular formula is C63H43N3. The van der Waals surface area contributed by atoms with Gasteiger partial charge in [0.05, 0.1) is 16.7 Å². The number of anilines is 5. The van der Waals surface area contributed by atoms with Gasteiger partial charge in [0.15, 0.2) is 0 Å². The van der Waals surface area contributed by atoms with Gasteiger partial charge in [-0.05, 0) is 117 Å². The van der Waals surface area contributed by atoms with Crippen LogP contribution in [0.15, 0.2) is 261 Å². The molecule has 1 atom stereocenters. The number of aromatic nitrogens is 1. The number of para-hydroxylation sites is 3. The van der Waals surface area contributed by atoms with Gasteiger partial charge in [-0.15, -0.1) is 0 Å². The maximum atomic E-state index is 2.56. The van der Waals surface area contributed by atoms with Gasteiger partial charge in [-0.1, -0.05) is 188 Å². The first kappa shape index (κ1) is 37.9. The molecule has 12 aromatic rings. The summed E-state index contributed by atoms with van der Waals surface area (Å²) in [6.07, 6.45) is 0. The van der Waals surface area contributed by atoms with Crippen molar-refractivity contribution in [2.24, 2.45) is 0 Å². The lowest BCUT2D eigenvalue weighted by Crippen LogP contribution is -2.44. The molecule has 66 heavy (non-hydrogen) atoms. The molecule has 1 heterocycles. The van der Waals surface area contributed by atoms with Crippen LogP contribution in [-0.4, -0.2) is 4.57 Å². The van der Waals surface area contributed by atoms with Crippen LogP contribution in [-0.2, 0) is 5.54 Å². The van der Waals surface area contributed by atoms with Gasteiger partial charge in [0.25, 0.3) is 0 Å². The number of hydrogen-bond donors (Lipinski definition) is 0. The monoisotopic (exact) mass is 841 g/mol. The summed E-state index contributed by atoms with van der Waals surface area (Å²) in [6.45, 7) is 0. The molecule has 0 bridgehead atoms. The van der Waals surface area contributed by atoms with Crippen LogP contribution in [0.1, 0.15) is 16.7 Å². The number of fused-ring (bicyclic) bond motifs is 8. The molecule has 1 aliphatic rings. The summed E-state index contributed by atoms with van der Waals surface area (Å²) in [5.74, 6) is 0. The zero-order chi connectivity index (χ0) is 43.6. The minimum atomic E-state index is -0.744. The molecule has 1 aliphatic carbocycles. The number of rotatable bonds is 8. The molecule has 13 rings (SSSR count). The molecule has 0 spiro atoms. The van der Waals surface area contributed by atoms with Crippen LogP contribution in [0.25, 0.3) is 60.2 Å². The molecule has 310 valence electrons. The summed E-state index contributed by atoms with van der Waals surface area (Å²) in [5, 5.41) is 7.29. The first-order chi connectivity index (χ1) is 32.8. The lowest BCUT2D eigenvalue weighted by molar-refractivity contribution is 0.644. The molecule has 0 fully saturated rings. The first-order valence-corrected chi connectivity index (χ1v) is 22.8. The Morgan fingerprint density at radius 3 is 1.64 bits per heavy atom. The van der Waals surface area contributed by atoms with Crippen LogP contribution in [0.4, 0.5) is 28.4 Å². The van der Waals surface area contributed by atoms with Crippen molar-refractivity contribution in [2.45, 2.75) is 5.54 Å².